The molecule has 1 aromatic carbocycles. The summed E-state index contributed by atoms with van der Waals surface area (Å²) in [5.74, 6) is -0.818. The molecule has 0 saturated heterocycles. The molecule has 1 heterocycles. The molecule has 2 rings (SSSR count). The average Bonchev–Trinajstić information content (AvgIpc) is 2.22. The number of halogens is 1. The van der Waals surface area contributed by atoms with Crippen molar-refractivity contribution in [3.8, 4) is 0 Å². The van der Waals surface area contributed by atoms with Crippen molar-refractivity contribution in [1.29, 1.82) is 0 Å². The van der Waals surface area contributed by atoms with Crippen LogP contribution in [-0.2, 0) is 4.79 Å². The molecule has 0 atom stereocenters. The van der Waals surface area contributed by atoms with Crippen molar-refractivity contribution in [2.75, 3.05) is 18.5 Å². The quantitative estimate of drug-likeness (QED) is 0.860. The van der Waals surface area contributed by atoms with Gasteiger partial charge in [-0.1, -0.05) is 17.7 Å². The Morgan fingerprint density at radius 2 is 2.31 bits per heavy atom. The molecule has 3 nitrogen and oxygen atoms in total. The number of aliphatic carboxylic acids is 1. The van der Waals surface area contributed by atoms with Crippen LogP contribution in [0.1, 0.15) is 12.0 Å². The van der Waals surface area contributed by atoms with Gasteiger partial charge in [0.2, 0.25) is 0 Å². The number of hydrogen-bond acceptors (Lipinski definition) is 2. The summed E-state index contributed by atoms with van der Waals surface area (Å²) in [6, 6.07) is 5.56. The van der Waals surface area contributed by atoms with E-state index in [1.54, 1.807) is 0 Å². The van der Waals surface area contributed by atoms with E-state index in [1.165, 1.54) is 0 Å². The lowest BCUT2D eigenvalue weighted by Crippen LogP contribution is -2.22. The summed E-state index contributed by atoms with van der Waals surface area (Å²) in [4.78, 5) is 12.8. The van der Waals surface area contributed by atoms with Crippen LogP contribution in [0.15, 0.2) is 24.3 Å². The van der Waals surface area contributed by atoms with Crippen molar-refractivity contribution in [1.82, 2.24) is 0 Å². The number of carboxylic acids is 1. The summed E-state index contributed by atoms with van der Waals surface area (Å²) in [6.45, 7) is 0.733. The number of fused-ring (bicyclic) bond motifs is 1. The van der Waals surface area contributed by atoms with E-state index in [0.717, 1.165) is 23.4 Å². The topological polar surface area (TPSA) is 40.5 Å². The Hall–Kier alpha value is -1.48. The van der Waals surface area contributed by atoms with Gasteiger partial charge in [-0.05, 0) is 23.8 Å². The van der Waals surface area contributed by atoms with Gasteiger partial charge in [-0.2, -0.15) is 0 Å². The number of carbonyl (C=O) groups is 1. The Morgan fingerprint density at radius 3 is 3.00 bits per heavy atom. The van der Waals surface area contributed by atoms with Crippen molar-refractivity contribution in [2.45, 2.75) is 6.42 Å². The van der Waals surface area contributed by atoms with Gasteiger partial charge in [0.25, 0.3) is 0 Å². The molecular formula is C12H12ClNO2. The monoisotopic (exact) mass is 237 g/mol. The summed E-state index contributed by atoms with van der Waals surface area (Å²) in [7, 11) is 1.97. The second-order valence-corrected chi connectivity index (χ2v) is 4.28. The van der Waals surface area contributed by atoms with Crippen molar-refractivity contribution in [3.05, 3.63) is 34.9 Å². The van der Waals surface area contributed by atoms with Crippen molar-refractivity contribution in [2.24, 2.45) is 0 Å². The second kappa shape index (κ2) is 4.18. The standard InChI is InChI=1S/C12H12ClNO2/c1-14-5-4-8(6-12(15)16)10-7-9(13)2-3-11(10)14/h2-4,7H,5-6H2,1H3,(H,15,16). The minimum absolute atomic E-state index is 0.0428. The van der Waals surface area contributed by atoms with Gasteiger partial charge in [0.15, 0.2) is 0 Å². The average molecular weight is 238 g/mol. The largest absolute Gasteiger partial charge is 0.481 e. The molecule has 0 fully saturated rings. The predicted octanol–water partition coefficient (Wildman–Crippen LogP) is 2.65. The van der Waals surface area contributed by atoms with E-state index in [2.05, 4.69) is 4.90 Å². The fourth-order valence-corrected chi connectivity index (χ4v) is 2.06. The lowest BCUT2D eigenvalue weighted by atomic mass is 9.97. The third kappa shape index (κ3) is 2.04. The number of benzene rings is 1. The number of likely N-dealkylation sites (N-methyl/N-ethyl adjacent to an activating group) is 1. The molecule has 0 amide bonds. The van der Waals surface area contributed by atoms with Crippen molar-refractivity contribution in [3.63, 3.8) is 0 Å². The summed E-state index contributed by atoms with van der Waals surface area (Å²) < 4.78 is 0. The lowest BCUT2D eigenvalue weighted by Gasteiger charge is -2.27. The summed E-state index contributed by atoms with van der Waals surface area (Å²) in [6.07, 6.45) is 1.98. The fraction of sp³-hybridized carbons (Fsp3) is 0.250. The van der Waals surface area contributed by atoms with Gasteiger partial charge in [0.05, 0.1) is 6.42 Å². The third-order valence-corrected chi connectivity index (χ3v) is 2.90. The summed E-state index contributed by atoms with van der Waals surface area (Å²) in [5, 5.41) is 9.47. The predicted molar refractivity (Wildman–Crippen MR) is 65.0 cm³/mol. The minimum Gasteiger partial charge on any atom is -0.481 e. The number of carboxylic acid groups (broad SMARTS) is 1. The first-order chi connectivity index (χ1) is 7.58. The molecule has 16 heavy (non-hydrogen) atoms. The van der Waals surface area contributed by atoms with Crippen LogP contribution in [0.2, 0.25) is 5.02 Å². The molecule has 1 aliphatic rings. The van der Waals surface area contributed by atoms with Crippen LogP contribution < -0.4 is 4.90 Å². The van der Waals surface area contributed by atoms with Gasteiger partial charge in [-0.3, -0.25) is 4.79 Å². The molecule has 0 aromatic heterocycles. The zero-order valence-electron chi connectivity index (χ0n) is 8.90. The first kappa shape index (κ1) is 11.0. The van der Waals surface area contributed by atoms with Crippen LogP contribution in [0.5, 0.6) is 0 Å². The van der Waals surface area contributed by atoms with Crippen LogP contribution in [0.25, 0.3) is 5.57 Å². The van der Waals surface area contributed by atoms with E-state index in [0.29, 0.717) is 5.02 Å². The number of anilines is 1. The van der Waals surface area contributed by atoms with Crippen molar-refractivity contribution >= 4 is 28.8 Å². The maximum Gasteiger partial charge on any atom is 0.307 e. The fourth-order valence-electron chi connectivity index (χ4n) is 1.88. The minimum atomic E-state index is -0.818. The van der Waals surface area contributed by atoms with E-state index < -0.39 is 5.97 Å². The summed E-state index contributed by atoms with van der Waals surface area (Å²) >= 11 is 5.93. The number of hydrogen-bond donors (Lipinski definition) is 1. The summed E-state index contributed by atoms with van der Waals surface area (Å²) in [5.41, 5.74) is 2.79. The Morgan fingerprint density at radius 1 is 1.56 bits per heavy atom. The van der Waals surface area contributed by atoms with Crippen LogP contribution in [0.4, 0.5) is 5.69 Å². The Kier molecular flexibility index (Phi) is 2.88. The van der Waals surface area contributed by atoms with E-state index in [9.17, 15) is 4.79 Å². The molecule has 0 bridgehead atoms. The highest BCUT2D eigenvalue weighted by molar-refractivity contribution is 6.31. The third-order valence-electron chi connectivity index (χ3n) is 2.67. The second-order valence-electron chi connectivity index (χ2n) is 3.84. The molecule has 4 heteroatoms. The molecule has 0 unspecified atom stereocenters. The van der Waals surface area contributed by atoms with Gasteiger partial charge < -0.3 is 10.0 Å². The van der Waals surface area contributed by atoms with E-state index >= 15 is 0 Å². The Balaban J connectivity index is 2.45. The van der Waals surface area contributed by atoms with E-state index in [1.807, 2.05) is 31.3 Å². The van der Waals surface area contributed by atoms with E-state index in [4.69, 9.17) is 16.7 Å². The number of nitrogens with zero attached hydrogens (tertiary/aromatic N) is 1. The smallest absolute Gasteiger partial charge is 0.307 e. The molecule has 0 saturated carbocycles. The molecule has 1 N–H and O–H groups in total. The SMILES string of the molecule is CN1CC=C(CC(=O)O)c2cc(Cl)ccc21. The Labute approximate surface area is 98.9 Å². The first-order valence-electron chi connectivity index (χ1n) is 5.00. The zero-order chi connectivity index (χ0) is 11.7. The molecular weight excluding hydrogens is 226 g/mol. The van der Waals surface area contributed by atoms with Crippen LogP contribution >= 0.6 is 11.6 Å². The number of rotatable bonds is 2. The van der Waals surface area contributed by atoms with Gasteiger partial charge in [-0.15, -0.1) is 0 Å². The van der Waals surface area contributed by atoms with Gasteiger partial charge in [0.1, 0.15) is 0 Å². The maximum atomic E-state index is 10.8. The maximum absolute atomic E-state index is 10.8. The molecule has 1 aromatic rings. The van der Waals surface area contributed by atoms with Gasteiger partial charge in [0, 0.05) is 29.9 Å². The molecule has 1 aliphatic heterocycles. The zero-order valence-corrected chi connectivity index (χ0v) is 9.66. The highest BCUT2D eigenvalue weighted by Gasteiger charge is 2.18. The van der Waals surface area contributed by atoms with Crippen LogP contribution in [0, 0.1) is 0 Å². The molecule has 84 valence electrons. The molecule has 0 spiro atoms. The van der Waals surface area contributed by atoms with E-state index in [-0.39, 0.29) is 6.42 Å². The normalized spacial score (nSPS) is 14.4. The van der Waals surface area contributed by atoms with Gasteiger partial charge in [-0.25, -0.2) is 0 Å². The van der Waals surface area contributed by atoms with Crippen LogP contribution in [0.3, 0.4) is 0 Å². The first-order valence-corrected chi connectivity index (χ1v) is 5.37. The molecule has 0 aliphatic carbocycles. The highest BCUT2D eigenvalue weighted by atomic mass is 35.5. The lowest BCUT2D eigenvalue weighted by molar-refractivity contribution is -0.135. The van der Waals surface area contributed by atoms with Crippen LogP contribution in [-0.4, -0.2) is 24.7 Å². The Bertz CT molecular complexity index is 468. The van der Waals surface area contributed by atoms with Crippen molar-refractivity contribution < 1.29 is 9.90 Å². The van der Waals surface area contributed by atoms with Gasteiger partial charge >= 0.3 is 5.97 Å². The highest BCUT2D eigenvalue weighted by Crippen LogP contribution is 2.34. The molecule has 0 radical (unpaired) electrons.